The molecule has 0 radical (unpaired) electrons. The lowest BCUT2D eigenvalue weighted by atomic mass is 9.49. The van der Waals surface area contributed by atoms with Crippen LogP contribution in [0.2, 0.25) is 0 Å². The molecule has 3 saturated carbocycles. The first-order chi connectivity index (χ1) is 19.8. The predicted molar refractivity (Wildman–Crippen MR) is 165 cm³/mol. The number of aryl methyl sites for hydroxylation is 1. The fourth-order valence-electron chi connectivity index (χ4n) is 9.60. The zero-order valence-corrected chi connectivity index (χ0v) is 26.1. The molecule has 3 aliphatic rings. The Balaban J connectivity index is 1.26. The van der Waals surface area contributed by atoms with Gasteiger partial charge >= 0.3 is 5.63 Å². The van der Waals surface area contributed by atoms with Gasteiger partial charge in [0.25, 0.3) is 0 Å². The second-order valence-electron chi connectivity index (χ2n) is 14.7. The van der Waals surface area contributed by atoms with Crippen molar-refractivity contribution in [2.45, 2.75) is 117 Å². The number of hydrogen-bond donors (Lipinski definition) is 4. The molecule has 232 valence electrons. The van der Waals surface area contributed by atoms with E-state index in [1.165, 1.54) is 6.07 Å². The van der Waals surface area contributed by atoms with Crippen LogP contribution in [0.5, 0.6) is 0 Å². The second-order valence-corrected chi connectivity index (χ2v) is 14.7. The number of carbonyl (C=O) groups excluding carboxylic acids is 1. The third kappa shape index (κ3) is 5.94. The summed E-state index contributed by atoms with van der Waals surface area (Å²) in [6, 6.07) is 6.90. The molecule has 1 aromatic carbocycles. The maximum absolute atomic E-state index is 13.0. The maximum Gasteiger partial charge on any atom is 0.336 e. The molecule has 0 bridgehead atoms. The number of rotatable bonds is 8. The molecule has 0 saturated heterocycles. The zero-order valence-electron chi connectivity index (χ0n) is 26.1. The van der Waals surface area contributed by atoms with Gasteiger partial charge in [-0.2, -0.15) is 0 Å². The van der Waals surface area contributed by atoms with E-state index in [2.05, 4.69) is 26.1 Å². The Labute approximate surface area is 250 Å². The normalized spacial score (nSPS) is 35.4. The number of hydrogen-bond acceptors (Lipinski definition) is 6. The number of fused-ring (bicyclic) bond motifs is 2. The molecule has 8 atom stereocenters. The van der Waals surface area contributed by atoms with Crippen molar-refractivity contribution in [1.29, 1.82) is 0 Å². The summed E-state index contributed by atoms with van der Waals surface area (Å²) in [5, 5.41) is 36.1. The van der Waals surface area contributed by atoms with Crippen LogP contribution in [-0.2, 0) is 4.79 Å². The summed E-state index contributed by atoms with van der Waals surface area (Å²) in [5.41, 5.74) is 1.68. The lowest BCUT2D eigenvalue weighted by Gasteiger charge is -2.57. The molecule has 2 unspecified atom stereocenters. The molecule has 1 amide bonds. The topological polar surface area (TPSA) is 120 Å². The molecule has 1 aromatic heterocycles. The lowest BCUT2D eigenvalue weighted by molar-refractivity contribution is -0.135. The lowest BCUT2D eigenvalue weighted by Crippen LogP contribution is -2.54. The van der Waals surface area contributed by atoms with Gasteiger partial charge in [-0.25, -0.2) is 4.79 Å². The third-order valence-corrected chi connectivity index (χ3v) is 12.0. The average molecular weight is 582 g/mol. The zero-order chi connectivity index (χ0) is 30.4. The van der Waals surface area contributed by atoms with Gasteiger partial charge in [0.2, 0.25) is 5.91 Å². The van der Waals surface area contributed by atoms with Crippen molar-refractivity contribution in [3.8, 4) is 0 Å². The molecular weight excluding hydrogens is 530 g/mol. The van der Waals surface area contributed by atoms with E-state index in [0.717, 1.165) is 68.7 Å². The monoisotopic (exact) mass is 581 g/mol. The first-order valence-electron chi connectivity index (χ1n) is 16.2. The van der Waals surface area contributed by atoms with Gasteiger partial charge in [0.05, 0.1) is 18.3 Å². The fraction of sp³-hybridized carbons (Fsp3) is 0.714. The highest BCUT2D eigenvalue weighted by Gasteiger charge is 2.59. The van der Waals surface area contributed by atoms with Crippen molar-refractivity contribution in [2.24, 2.45) is 40.4 Å². The van der Waals surface area contributed by atoms with Gasteiger partial charge in [0, 0.05) is 29.6 Å². The molecule has 1 heterocycles. The summed E-state index contributed by atoms with van der Waals surface area (Å²) in [6.45, 7) is 10.6. The number of aliphatic hydroxyl groups is 3. The van der Waals surface area contributed by atoms with Crippen molar-refractivity contribution < 1.29 is 24.5 Å². The van der Waals surface area contributed by atoms with Crippen molar-refractivity contribution in [2.75, 3.05) is 5.32 Å². The number of benzene rings is 1. The van der Waals surface area contributed by atoms with E-state index >= 15 is 0 Å². The van der Waals surface area contributed by atoms with E-state index < -0.39 is 17.8 Å². The summed E-state index contributed by atoms with van der Waals surface area (Å²) in [7, 11) is 0. The predicted octanol–water partition coefficient (Wildman–Crippen LogP) is 6.20. The van der Waals surface area contributed by atoms with Crippen LogP contribution in [-0.4, -0.2) is 39.5 Å². The molecule has 4 N–H and O–H groups in total. The average Bonchev–Trinajstić information content (AvgIpc) is 3.29. The Morgan fingerprint density at radius 3 is 2.43 bits per heavy atom. The van der Waals surface area contributed by atoms with E-state index in [-0.39, 0.29) is 28.8 Å². The fourth-order valence-corrected chi connectivity index (χ4v) is 9.60. The molecule has 2 aromatic rings. The number of carbonyl (C=O) groups is 1. The van der Waals surface area contributed by atoms with Gasteiger partial charge < -0.3 is 25.1 Å². The van der Waals surface area contributed by atoms with Crippen LogP contribution in [0.1, 0.15) is 97.5 Å². The van der Waals surface area contributed by atoms with Crippen LogP contribution in [0.3, 0.4) is 0 Å². The minimum Gasteiger partial charge on any atom is -0.423 e. The Kier molecular flexibility index (Phi) is 8.95. The van der Waals surface area contributed by atoms with Gasteiger partial charge in [-0.05, 0) is 130 Å². The van der Waals surface area contributed by atoms with Crippen LogP contribution in [0.4, 0.5) is 5.69 Å². The van der Waals surface area contributed by atoms with Crippen molar-refractivity contribution in [3.63, 3.8) is 0 Å². The smallest absolute Gasteiger partial charge is 0.336 e. The highest BCUT2D eigenvalue weighted by Crippen LogP contribution is 2.65. The van der Waals surface area contributed by atoms with Crippen LogP contribution < -0.4 is 10.9 Å². The standard InChI is InChI=1S/C35H51NO6/c1-20(6-11-30(39)36-23-7-8-25-21(2)18-31(40)42-29(25)19-23)26-9-10-28-32(33(41)22(3)37)27(14-17-35(26,28)5)34(4)15-12-24(38)13-16-34/h7-8,18-20,22,24,26-28,32-33,37-38,41H,6,9-17H2,1-5H3,(H,36,39)/t20-,22?,24?,26-,27+,28+,32-,33?,34?,35-/m1/s1. The van der Waals surface area contributed by atoms with E-state index in [4.69, 9.17) is 4.42 Å². The Morgan fingerprint density at radius 2 is 1.74 bits per heavy atom. The molecule has 0 aliphatic heterocycles. The van der Waals surface area contributed by atoms with Crippen molar-refractivity contribution >= 4 is 22.6 Å². The molecule has 7 heteroatoms. The SMILES string of the molecule is Cc1cc(=O)oc2cc(NC(=O)CC[C@@H](C)[C@H]3CC[C@H]4[C@H](C(O)C(C)O)[C@@H](C5(C)CCC(O)CC5)CC[C@]34C)ccc12. The van der Waals surface area contributed by atoms with Gasteiger partial charge in [0.15, 0.2) is 0 Å². The van der Waals surface area contributed by atoms with E-state index in [0.29, 0.717) is 41.4 Å². The van der Waals surface area contributed by atoms with E-state index in [1.54, 1.807) is 13.0 Å². The second kappa shape index (κ2) is 12.0. The minimum absolute atomic E-state index is 0.0427. The molecule has 3 aliphatic carbocycles. The number of amides is 1. The Bertz CT molecular complexity index is 1330. The Morgan fingerprint density at radius 1 is 1.02 bits per heavy atom. The van der Waals surface area contributed by atoms with Crippen LogP contribution in [0, 0.1) is 47.3 Å². The van der Waals surface area contributed by atoms with Crippen LogP contribution in [0.25, 0.3) is 11.0 Å². The van der Waals surface area contributed by atoms with E-state index in [1.807, 2.05) is 19.1 Å². The van der Waals surface area contributed by atoms with Gasteiger partial charge in [-0.15, -0.1) is 0 Å². The van der Waals surface area contributed by atoms with Crippen molar-refractivity contribution in [1.82, 2.24) is 0 Å². The summed E-state index contributed by atoms with van der Waals surface area (Å²) in [5.74, 6) is 1.47. The van der Waals surface area contributed by atoms with Gasteiger partial charge in [-0.3, -0.25) is 4.79 Å². The van der Waals surface area contributed by atoms with Gasteiger partial charge in [0.1, 0.15) is 5.58 Å². The summed E-state index contributed by atoms with van der Waals surface area (Å²) < 4.78 is 5.34. The first kappa shape index (κ1) is 31.2. The molecule has 5 rings (SSSR count). The summed E-state index contributed by atoms with van der Waals surface area (Å²) in [6.07, 6.45) is 7.31. The first-order valence-corrected chi connectivity index (χ1v) is 16.2. The summed E-state index contributed by atoms with van der Waals surface area (Å²) >= 11 is 0. The molecule has 0 spiro atoms. The highest BCUT2D eigenvalue weighted by molar-refractivity contribution is 5.93. The highest BCUT2D eigenvalue weighted by atomic mass is 16.4. The van der Waals surface area contributed by atoms with Gasteiger partial charge in [-0.1, -0.05) is 20.8 Å². The minimum atomic E-state index is -0.773. The maximum atomic E-state index is 13.0. The third-order valence-electron chi connectivity index (χ3n) is 12.0. The molecule has 7 nitrogen and oxygen atoms in total. The number of anilines is 1. The van der Waals surface area contributed by atoms with Crippen LogP contribution >= 0.6 is 0 Å². The molecular formula is C35H51NO6. The van der Waals surface area contributed by atoms with Crippen LogP contribution in [0.15, 0.2) is 33.5 Å². The van der Waals surface area contributed by atoms with Crippen molar-refractivity contribution in [3.05, 3.63) is 40.2 Å². The quantitative estimate of drug-likeness (QED) is 0.276. The summed E-state index contributed by atoms with van der Waals surface area (Å²) in [4.78, 5) is 24.8. The number of nitrogens with one attached hydrogen (secondary N) is 1. The Hall–Kier alpha value is -2.22. The largest absolute Gasteiger partial charge is 0.423 e. The number of aliphatic hydroxyl groups excluding tert-OH is 3. The van der Waals surface area contributed by atoms with E-state index in [9.17, 15) is 24.9 Å². The molecule has 42 heavy (non-hydrogen) atoms. The molecule has 3 fully saturated rings.